The number of anilines is 3. The molecule has 1 aliphatic heterocycles. The molecule has 27 heavy (non-hydrogen) atoms. The third-order valence-corrected chi connectivity index (χ3v) is 4.91. The lowest BCUT2D eigenvalue weighted by atomic mass is 10.2. The molecular weight excluding hydrogens is 340 g/mol. The number of aromatic nitrogens is 4. The molecule has 1 aliphatic rings. The van der Waals surface area contributed by atoms with Gasteiger partial charge in [-0.15, -0.1) is 10.2 Å². The molecule has 0 aliphatic carbocycles. The second-order valence-corrected chi connectivity index (χ2v) is 6.63. The molecule has 0 spiro atoms. The van der Waals surface area contributed by atoms with Crippen molar-refractivity contribution in [3.63, 3.8) is 0 Å². The van der Waals surface area contributed by atoms with Gasteiger partial charge in [0.05, 0.1) is 18.7 Å². The Morgan fingerprint density at radius 3 is 2.56 bits per heavy atom. The molecule has 0 saturated carbocycles. The highest BCUT2D eigenvalue weighted by molar-refractivity contribution is 5.92. The average Bonchev–Trinajstić information content (AvgIpc) is 3.12. The lowest BCUT2D eigenvalue weighted by Crippen LogP contribution is -2.36. The van der Waals surface area contributed by atoms with Gasteiger partial charge < -0.3 is 15.0 Å². The fourth-order valence-electron chi connectivity index (χ4n) is 3.50. The van der Waals surface area contributed by atoms with Gasteiger partial charge in [-0.2, -0.15) is 0 Å². The number of morpholine rings is 1. The molecule has 0 atom stereocenters. The second-order valence-electron chi connectivity index (χ2n) is 6.63. The maximum atomic E-state index is 5.43. The molecule has 1 N–H and O–H groups in total. The molecule has 3 heterocycles. The fraction of sp³-hybridized carbons (Fsp3) is 0.250. The van der Waals surface area contributed by atoms with E-state index in [1.165, 1.54) is 5.69 Å². The van der Waals surface area contributed by atoms with Gasteiger partial charge in [-0.25, -0.2) is 9.38 Å². The first kappa shape index (κ1) is 16.0. The number of ether oxygens (including phenoxy) is 1. The second kappa shape index (κ2) is 6.51. The first-order valence-electron chi connectivity index (χ1n) is 9.10. The number of benzene rings is 2. The molecule has 4 aromatic rings. The minimum Gasteiger partial charge on any atom is -0.378 e. The van der Waals surface area contributed by atoms with Crippen LogP contribution in [0.2, 0.25) is 0 Å². The summed E-state index contributed by atoms with van der Waals surface area (Å²) in [6.07, 6.45) is 0. The Kier molecular flexibility index (Phi) is 3.86. The zero-order chi connectivity index (χ0) is 18.2. The van der Waals surface area contributed by atoms with Crippen molar-refractivity contribution in [2.45, 2.75) is 6.92 Å². The van der Waals surface area contributed by atoms with Gasteiger partial charge in [0, 0.05) is 29.9 Å². The van der Waals surface area contributed by atoms with E-state index in [0.717, 1.165) is 54.4 Å². The molecule has 0 bridgehead atoms. The zero-order valence-corrected chi connectivity index (χ0v) is 15.1. The van der Waals surface area contributed by atoms with Crippen molar-refractivity contribution in [2.75, 3.05) is 36.5 Å². The molecule has 2 aromatic carbocycles. The molecular formula is C20H20N6O. The third-order valence-electron chi connectivity index (χ3n) is 4.91. The van der Waals surface area contributed by atoms with Gasteiger partial charge in [-0.05, 0) is 43.3 Å². The maximum absolute atomic E-state index is 5.43. The summed E-state index contributed by atoms with van der Waals surface area (Å²) >= 11 is 0. The standard InChI is InChI=1S/C20H20N6O/c1-14-23-24-19-17-4-2-3-5-18(17)22-20(26(14)19)21-15-6-8-16(9-7-15)25-10-12-27-13-11-25/h2-9H,10-13H2,1H3,(H,21,22). The molecule has 136 valence electrons. The average molecular weight is 360 g/mol. The highest BCUT2D eigenvalue weighted by Gasteiger charge is 2.14. The van der Waals surface area contributed by atoms with Gasteiger partial charge in [-0.1, -0.05) is 12.1 Å². The Balaban J connectivity index is 1.51. The lowest BCUT2D eigenvalue weighted by molar-refractivity contribution is 0.122. The number of para-hydroxylation sites is 1. The number of aryl methyl sites for hydroxylation is 1. The topological polar surface area (TPSA) is 67.6 Å². The number of hydrogen-bond acceptors (Lipinski definition) is 6. The minimum atomic E-state index is 0.713. The van der Waals surface area contributed by atoms with Crippen molar-refractivity contribution >= 4 is 33.9 Å². The van der Waals surface area contributed by atoms with E-state index in [2.05, 4.69) is 44.7 Å². The number of nitrogens with one attached hydrogen (secondary N) is 1. The van der Waals surface area contributed by atoms with Crippen molar-refractivity contribution in [1.29, 1.82) is 0 Å². The van der Waals surface area contributed by atoms with E-state index in [0.29, 0.717) is 5.95 Å². The Bertz CT molecular complexity index is 1100. The van der Waals surface area contributed by atoms with Crippen LogP contribution >= 0.6 is 0 Å². The van der Waals surface area contributed by atoms with E-state index in [1.807, 2.05) is 35.6 Å². The highest BCUT2D eigenvalue weighted by atomic mass is 16.5. The number of nitrogens with zero attached hydrogens (tertiary/aromatic N) is 5. The molecule has 2 aromatic heterocycles. The van der Waals surface area contributed by atoms with Gasteiger partial charge in [-0.3, -0.25) is 0 Å². The quantitative estimate of drug-likeness (QED) is 0.605. The van der Waals surface area contributed by atoms with E-state index in [-0.39, 0.29) is 0 Å². The summed E-state index contributed by atoms with van der Waals surface area (Å²) in [7, 11) is 0. The summed E-state index contributed by atoms with van der Waals surface area (Å²) in [6.45, 7) is 5.36. The van der Waals surface area contributed by atoms with Crippen LogP contribution < -0.4 is 10.2 Å². The van der Waals surface area contributed by atoms with Crippen molar-refractivity contribution in [1.82, 2.24) is 19.6 Å². The smallest absolute Gasteiger partial charge is 0.215 e. The Morgan fingerprint density at radius 1 is 0.963 bits per heavy atom. The normalized spacial score (nSPS) is 14.8. The highest BCUT2D eigenvalue weighted by Crippen LogP contribution is 2.25. The van der Waals surface area contributed by atoms with Crippen molar-refractivity contribution < 1.29 is 4.74 Å². The monoisotopic (exact) mass is 360 g/mol. The molecule has 1 fully saturated rings. The van der Waals surface area contributed by atoms with Gasteiger partial charge in [0.15, 0.2) is 5.65 Å². The molecule has 0 amide bonds. The van der Waals surface area contributed by atoms with Crippen LogP contribution in [0.1, 0.15) is 5.82 Å². The van der Waals surface area contributed by atoms with E-state index in [1.54, 1.807) is 0 Å². The van der Waals surface area contributed by atoms with Crippen LogP contribution in [0.25, 0.3) is 16.6 Å². The van der Waals surface area contributed by atoms with Crippen LogP contribution in [0.3, 0.4) is 0 Å². The van der Waals surface area contributed by atoms with Crippen LogP contribution in [0, 0.1) is 6.92 Å². The van der Waals surface area contributed by atoms with E-state index >= 15 is 0 Å². The van der Waals surface area contributed by atoms with Crippen molar-refractivity contribution in [3.05, 3.63) is 54.4 Å². The summed E-state index contributed by atoms with van der Waals surface area (Å²) in [4.78, 5) is 7.13. The van der Waals surface area contributed by atoms with Crippen LogP contribution in [0.4, 0.5) is 17.3 Å². The Morgan fingerprint density at radius 2 is 1.74 bits per heavy atom. The maximum Gasteiger partial charge on any atom is 0.215 e. The van der Waals surface area contributed by atoms with Gasteiger partial charge in [0.1, 0.15) is 5.82 Å². The zero-order valence-electron chi connectivity index (χ0n) is 15.1. The Labute approximate surface area is 156 Å². The van der Waals surface area contributed by atoms with E-state index < -0.39 is 0 Å². The van der Waals surface area contributed by atoms with Crippen molar-refractivity contribution in [2.24, 2.45) is 0 Å². The minimum absolute atomic E-state index is 0.713. The number of rotatable bonds is 3. The molecule has 7 heteroatoms. The van der Waals surface area contributed by atoms with Crippen LogP contribution in [0.5, 0.6) is 0 Å². The Hall–Kier alpha value is -3.19. The first-order chi connectivity index (χ1) is 13.3. The predicted molar refractivity (Wildman–Crippen MR) is 106 cm³/mol. The molecule has 0 unspecified atom stereocenters. The van der Waals surface area contributed by atoms with Gasteiger partial charge in [0.25, 0.3) is 0 Å². The summed E-state index contributed by atoms with van der Waals surface area (Å²) in [6, 6.07) is 16.4. The lowest BCUT2D eigenvalue weighted by Gasteiger charge is -2.28. The van der Waals surface area contributed by atoms with Gasteiger partial charge in [0.2, 0.25) is 5.95 Å². The molecule has 7 nitrogen and oxygen atoms in total. The third kappa shape index (κ3) is 2.86. The number of hydrogen-bond donors (Lipinski definition) is 1. The fourth-order valence-corrected chi connectivity index (χ4v) is 3.50. The largest absolute Gasteiger partial charge is 0.378 e. The summed E-state index contributed by atoms with van der Waals surface area (Å²) < 4.78 is 7.38. The summed E-state index contributed by atoms with van der Waals surface area (Å²) in [5.41, 5.74) is 3.89. The van der Waals surface area contributed by atoms with Crippen molar-refractivity contribution in [3.8, 4) is 0 Å². The van der Waals surface area contributed by atoms with Crippen LogP contribution in [-0.2, 0) is 4.74 Å². The summed E-state index contributed by atoms with van der Waals surface area (Å²) in [5, 5.41) is 13.0. The number of fused-ring (bicyclic) bond motifs is 3. The molecule has 0 radical (unpaired) electrons. The summed E-state index contributed by atoms with van der Waals surface area (Å²) in [5.74, 6) is 1.51. The van der Waals surface area contributed by atoms with E-state index in [9.17, 15) is 0 Å². The SMILES string of the molecule is Cc1nnc2c3ccccc3nc(Nc3ccc(N4CCOCC4)cc3)n12. The molecule has 1 saturated heterocycles. The van der Waals surface area contributed by atoms with Gasteiger partial charge >= 0.3 is 0 Å². The predicted octanol–water partition coefficient (Wildman–Crippen LogP) is 3.17. The van der Waals surface area contributed by atoms with Crippen LogP contribution in [0.15, 0.2) is 48.5 Å². The first-order valence-corrected chi connectivity index (χ1v) is 9.10. The molecule has 5 rings (SSSR count). The van der Waals surface area contributed by atoms with E-state index in [4.69, 9.17) is 9.72 Å². The van der Waals surface area contributed by atoms with Crippen LogP contribution in [-0.4, -0.2) is 45.9 Å².